The zero-order chi connectivity index (χ0) is 24.9. The highest BCUT2D eigenvalue weighted by molar-refractivity contribution is 9.10. The smallest absolute Gasteiger partial charge is 0.363 e. The van der Waals surface area contributed by atoms with Crippen LogP contribution >= 0.6 is 15.9 Å². The summed E-state index contributed by atoms with van der Waals surface area (Å²) in [7, 11) is 0. The maximum Gasteiger partial charge on any atom is 0.363 e. The average Bonchev–Trinajstić information content (AvgIpc) is 3.22. The molecule has 0 amide bonds. The van der Waals surface area contributed by atoms with E-state index >= 15 is 0 Å². The zero-order valence-corrected chi connectivity index (χ0v) is 19.9. The Labute approximate surface area is 207 Å². The van der Waals surface area contributed by atoms with Crippen molar-refractivity contribution in [2.24, 2.45) is 4.99 Å². The van der Waals surface area contributed by atoms with Crippen molar-refractivity contribution in [1.82, 2.24) is 0 Å². The van der Waals surface area contributed by atoms with Crippen LogP contribution in [-0.4, -0.2) is 29.4 Å². The van der Waals surface area contributed by atoms with Gasteiger partial charge in [0.15, 0.2) is 17.2 Å². The molecule has 0 radical (unpaired) electrons. The van der Waals surface area contributed by atoms with Crippen LogP contribution in [0.5, 0.6) is 11.5 Å². The summed E-state index contributed by atoms with van der Waals surface area (Å²) in [6.07, 6.45) is 1.50. The molecule has 0 saturated carbocycles. The number of nitro groups is 1. The number of carbonyl (C=O) groups excluding carboxylic acids is 2. The molecule has 0 aliphatic carbocycles. The quantitative estimate of drug-likeness (QED) is 0.132. The number of halogens is 1. The number of hydrogen-bond donors (Lipinski definition) is 0. The van der Waals surface area contributed by atoms with Crippen molar-refractivity contribution >= 4 is 45.5 Å². The monoisotopic (exact) mass is 536 g/mol. The first-order chi connectivity index (χ1) is 16.9. The van der Waals surface area contributed by atoms with Gasteiger partial charge in [-0.15, -0.1) is 0 Å². The van der Waals surface area contributed by atoms with E-state index in [0.29, 0.717) is 33.5 Å². The van der Waals surface area contributed by atoms with Crippen LogP contribution < -0.4 is 9.47 Å². The predicted octanol–water partition coefficient (Wildman–Crippen LogP) is 5.32. The number of hydrogen-bond acceptors (Lipinski definition) is 8. The van der Waals surface area contributed by atoms with Gasteiger partial charge in [0.1, 0.15) is 0 Å². The second-order valence-electron chi connectivity index (χ2n) is 7.16. The molecular formula is C25H17BrN2O7. The third kappa shape index (κ3) is 5.44. The van der Waals surface area contributed by atoms with Crippen LogP contribution in [-0.2, 0) is 9.53 Å². The molecule has 3 aromatic rings. The fraction of sp³-hybridized carbons (Fsp3) is 0.0800. The minimum absolute atomic E-state index is 0.0294. The minimum atomic E-state index is -0.674. The standard InChI is InChI=1S/C25H17BrN2O7/c1-2-33-21-14-15(12-19(26)22(21)34-24(29)17-6-4-3-5-7-17)13-20-25(30)35-23(27-20)16-8-10-18(11-9-16)28(31)32/h3-14H,2H2,1H3/b20-13-. The second kappa shape index (κ2) is 10.3. The molecule has 1 aliphatic rings. The molecule has 0 aromatic heterocycles. The summed E-state index contributed by atoms with van der Waals surface area (Å²) >= 11 is 3.41. The van der Waals surface area contributed by atoms with Crippen LogP contribution in [0, 0.1) is 10.1 Å². The van der Waals surface area contributed by atoms with E-state index in [-0.39, 0.29) is 23.0 Å². The highest BCUT2D eigenvalue weighted by atomic mass is 79.9. The summed E-state index contributed by atoms with van der Waals surface area (Å²) in [5.74, 6) is -0.688. The van der Waals surface area contributed by atoms with Crippen molar-refractivity contribution in [3.63, 3.8) is 0 Å². The predicted molar refractivity (Wildman–Crippen MR) is 130 cm³/mol. The van der Waals surface area contributed by atoms with E-state index in [1.54, 1.807) is 49.4 Å². The Morgan fingerprint density at radius 3 is 2.51 bits per heavy atom. The summed E-state index contributed by atoms with van der Waals surface area (Å²) in [4.78, 5) is 39.4. The highest BCUT2D eigenvalue weighted by Crippen LogP contribution is 2.38. The van der Waals surface area contributed by atoms with Gasteiger partial charge in [0.05, 0.1) is 21.6 Å². The molecule has 35 heavy (non-hydrogen) atoms. The van der Waals surface area contributed by atoms with Crippen molar-refractivity contribution in [2.75, 3.05) is 6.61 Å². The first-order valence-corrected chi connectivity index (χ1v) is 11.2. The van der Waals surface area contributed by atoms with Gasteiger partial charge < -0.3 is 14.2 Å². The number of cyclic esters (lactones) is 1. The van der Waals surface area contributed by atoms with Gasteiger partial charge in [0.2, 0.25) is 5.90 Å². The van der Waals surface area contributed by atoms with E-state index in [1.807, 2.05) is 0 Å². The molecule has 0 fully saturated rings. The number of nitro benzene ring substituents is 1. The first kappa shape index (κ1) is 23.8. The van der Waals surface area contributed by atoms with Crippen molar-refractivity contribution in [2.45, 2.75) is 6.92 Å². The van der Waals surface area contributed by atoms with Crippen molar-refractivity contribution < 1.29 is 28.7 Å². The van der Waals surface area contributed by atoms with E-state index < -0.39 is 16.9 Å². The summed E-state index contributed by atoms with van der Waals surface area (Å²) in [6, 6.07) is 17.3. The first-order valence-electron chi connectivity index (χ1n) is 10.4. The van der Waals surface area contributed by atoms with Crippen LogP contribution in [0.3, 0.4) is 0 Å². The number of nitrogens with zero attached hydrogens (tertiary/aromatic N) is 2. The number of benzene rings is 3. The maximum atomic E-state index is 12.5. The molecule has 176 valence electrons. The fourth-order valence-corrected chi connectivity index (χ4v) is 3.72. The summed E-state index contributed by atoms with van der Waals surface area (Å²) in [5.41, 5.74) is 1.29. The Hall–Kier alpha value is -4.31. The molecule has 0 spiro atoms. The fourth-order valence-electron chi connectivity index (χ4n) is 3.18. The summed E-state index contributed by atoms with van der Waals surface area (Å²) < 4.78 is 16.9. The maximum absolute atomic E-state index is 12.5. The minimum Gasteiger partial charge on any atom is -0.490 e. The second-order valence-corrected chi connectivity index (χ2v) is 8.01. The van der Waals surface area contributed by atoms with Gasteiger partial charge in [-0.2, -0.15) is 0 Å². The van der Waals surface area contributed by atoms with Gasteiger partial charge in [-0.25, -0.2) is 14.6 Å². The average molecular weight is 537 g/mol. The van der Waals surface area contributed by atoms with Crippen LogP contribution in [0.25, 0.3) is 6.08 Å². The molecule has 9 nitrogen and oxygen atoms in total. The van der Waals surface area contributed by atoms with Gasteiger partial charge >= 0.3 is 11.9 Å². The molecule has 10 heteroatoms. The highest BCUT2D eigenvalue weighted by Gasteiger charge is 2.25. The molecular weight excluding hydrogens is 520 g/mol. The Morgan fingerprint density at radius 2 is 1.86 bits per heavy atom. The topological polar surface area (TPSA) is 117 Å². The van der Waals surface area contributed by atoms with E-state index in [9.17, 15) is 19.7 Å². The molecule has 0 atom stereocenters. The lowest BCUT2D eigenvalue weighted by Gasteiger charge is -2.13. The van der Waals surface area contributed by atoms with Crippen molar-refractivity contribution in [3.8, 4) is 11.5 Å². The molecule has 0 N–H and O–H groups in total. The summed E-state index contributed by atoms with van der Waals surface area (Å²) in [5, 5.41) is 10.8. The number of ether oxygens (including phenoxy) is 3. The van der Waals surface area contributed by atoms with Gasteiger partial charge in [-0.1, -0.05) is 18.2 Å². The summed E-state index contributed by atoms with van der Waals surface area (Å²) in [6.45, 7) is 2.10. The Bertz CT molecular complexity index is 1370. The van der Waals surface area contributed by atoms with Crippen LogP contribution in [0.1, 0.15) is 28.4 Å². The van der Waals surface area contributed by atoms with Gasteiger partial charge in [-0.3, -0.25) is 10.1 Å². The third-order valence-electron chi connectivity index (χ3n) is 4.78. The normalized spacial score (nSPS) is 13.8. The number of non-ortho nitro benzene ring substituents is 1. The molecule has 0 saturated heterocycles. The van der Waals surface area contributed by atoms with Gasteiger partial charge in [0.25, 0.3) is 5.69 Å². The van der Waals surface area contributed by atoms with Crippen molar-refractivity contribution in [1.29, 1.82) is 0 Å². The van der Waals surface area contributed by atoms with E-state index in [2.05, 4.69) is 20.9 Å². The van der Waals surface area contributed by atoms with E-state index in [0.717, 1.165) is 0 Å². The van der Waals surface area contributed by atoms with Gasteiger partial charge in [0, 0.05) is 17.7 Å². The number of aliphatic imine (C=N–C) groups is 1. The molecule has 0 unspecified atom stereocenters. The Balaban J connectivity index is 1.63. The Kier molecular flexibility index (Phi) is 7.02. The molecule has 0 bridgehead atoms. The molecule has 3 aromatic carbocycles. The number of carbonyl (C=O) groups is 2. The Morgan fingerprint density at radius 1 is 1.14 bits per heavy atom. The van der Waals surface area contributed by atoms with E-state index in [4.69, 9.17) is 14.2 Å². The number of esters is 2. The SMILES string of the molecule is CCOc1cc(/C=C2\N=C(c3ccc([N+](=O)[O-])cc3)OC2=O)cc(Br)c1OC(=O)c1ccccc1. The van der Waals surface area contributed by atoms with Crippen LogP contribution in [0.4, 0.5) is 5.69 Å². The third-order valence-corrected chi connectivity index (χ3v) is 5.37. The van der Waals surface area contributed by atoms with E-state index in [1.165, 1.54) is 30.3 Å². The number of rotatable bonds is 7. The van der Waals surface area contributed by atoms with Crippen LogP contribution in [0.15, 0.2) is 81.9 Å². The molecule has 4 rings (SSSR count). The van der Waals surface area contributed by atoms with Crippen LogP contribution in [0.2, 0.25) is 0 Å². The zero-order valence-electron chi connectivity index (χ0n) is 18.3. The lowest BCUT2D eigenvalue weighted by molar-refractivity contribution is -0.384. The lowest BCUT2D eigenvalue weighted by atomic mass is 10.1. The van der Waals surface area contributed by atoms with Crippen molar-refractivity contribution in [3.05, 3.63) is 104 Å². The largest absolute Gasteiger partial charge is 0.490 e. The lowest BCUT2D eigenvalue weighted by Crippen LogP contribution is -2.10. The molecule has 1 aliphatic heterocycles. The molecule has 1 heterocycles. The van der Waals surface area contributed by atoms with Gasteiger partial charge in [-0.05, 0) is 70.9 Å².